The number of rotatable bonds is 5. The van der Waals surface area contributed by atoms with Crippen molar-refractivity contribution >= 4 is 5.91 Å². The number of aromatic nitrogens is 2. The van der Waals surface area contributed by atoms with Crippen LogP contribution in [0.5, 0.6) is 5.75 Å². The average Bonchev–Trinajstić information content (AvgIpc) is 3.03. The lowest BCUT2D eigenvalue weighted by atomic mass is 9.80. The van der Waals surface area contributed by atoms with Crippen LogP contribution in [0, 0.1) is 12.7 Å². The van der Waals surface area contributed by atoms with Gasteiger partial charge in [-0.1, -0.05) is 30.5 Å². The summed E-state index contributed by atoms with van der Waals surface area (Å²) in [5, 5.41) is 7.11. The number of nitrogens with zero attached hydrogens (tertiary/aromatic N) is 2. The van der Waals surface area contributed by atoms with Crippen molar-refractivity contribution in [3.8, 4) is 5.75 Å². The second-order valence-corrected chi connectivity index (χ2v) is 6.47. The lowest BCUT2D eigenvalue weighted by Gasteiger charge is -2.35. The third kappa shape index (κ3) is 3.81. The van der Waals surface area contributed by atoms with Gasteiger partial charge in [-0.3, -0.25) is 4.79 Å². The first-order valence-electron chi connectivity index (χ1n) is 8.47. The molecule has 0 atom stereocenters. The molecule has 1 aromatic heterocycles. The van der Waals surface area contributed by atoms with Gasteiger partial charge in [0.2, 0.25) is 11.8 Å². The van der Waals surface area contributed by atoms with E-state index in [2.05, 4.69) is 15.5 Å². The minimum atomic E-state index is -0.599. The topological polar surface area (TPSA) is 77.2 Å². The van der Waals surface area contributed by atoms with Crippen LogP contribution in [0.15, 0.2) is 22.7 Å². The number of hydrogen-bond acceptors (Lipinski definition) is 5. The molecule has 0 saturated heterocycles. The smallest absolute Gasteiger partial charge is 0.225 e. The molecule has 1 aliphatic rings. The van der Waals surface area contributed by atoms with Gasteiger partial charge in [0.15, 0.2) is 17.4 Å². The van der Waals surface area contributed by atoms with E-state index in [9.17, 15) is 9.18 Å². The van der Waals surface area contributed by atoms with Gasteiger partial charge in [0.1, 0.15) is 5.54 Å². The molecule has 1 amide bonds. The molecular weight excluding hydrogens is 325 g/mol. The highest BCUT2D eigenvalue weighted by molar-refractivity contribution is 5.79. The highest BCUT2D eigenvalue weighted by Crippen LogP contribution is 2.35. The summed E-state index contributed by atoms with van der Waals surface area (Å²) in [4.78, 5) is 16.9. The van der Waals surface area contributed by atoms with Crippen molar-refractivity contribution in [3.05, 3.63) is 41.3 Å². The molecule has 0 unspecified atom stereocenters. The van der Waals surface area contributed by atoms with Gasteiger partial charge in [0, 0.05) is 6.92 Å². The van der Waals surface area contributed by atoms with E-state index in [1.807, 2.05) is 0 Å². The van der Waals surface area contributed by atoms with Crippen molar-refractivity contribution in [2.75, 3.05) is 7.11 Å². The number of amides is 1. The summed E-state index contributed by atoms with van der Waals surface area (Å²) in [6, 6.07) is 4.54. The standard InChI is InChI=1S/C18H22FN3O3/c1-12-20-17(22-25-12)18(8-4-3-5-9-18)21-16(23)11-13-6-7-15(24-2)14(19)10-13/h6-7,10H,3-5,8-9,11H2,1-2H3,(H,21,23). The molecule has 0 spiro atoms. The van der Waals surface area contributed by atoms with Crippen molar-refractivity contribution < 1.29 is 18.4 Å². The molecule has 134 valence electrons. The predicted octanol–water partition coefficient (Wildman–Crippen LogP) is 3.04. The largest absolute Gasteiger partial charge is 0.494 e. The second-order valence-electron chi connectivity index (χ2n) is 6.47. The van der Waals surface area contributed by atoms with Gasteiger partial charge in [-0.2, -0.15) is 4.98 Å². The Kier molecular flexibility index (Phi) is 5.01. The number of carbonyl (C=O) groups is 1. The molecular formula is C18H22FN3O3. The third-order valence-corrected chi connectivity index (χ3v) is 4.62. The van der Waals surface area contributed by atoms with Crippen LogP contribution in [0.2, 0.25) is 0 Å². The zero-order valence-corrected chi connectivity index (χ0v) is 14.5. The summed E-state index contributed by atoms with van der Waals surface area (Å²) in [6.45, 7) is 1.73. The Labute approximate surface area is 145 Å². The summed E-state index contributed by atoms with van der Waals surface area (Å²) in [6.07, 6.45) is 4.73. The van der Waals surface area contributed by atoms with Gasteiger partial charge < -0.3 is 14.6 Å². The Bertz CT molecular complexity index is 754. The van der Waals surface area contributed by atoms with E-state index < -0.39 is 11.4 Å². The van der Waals surface area contributed by atoms with E-state index in [0.29, 0.717) is 17.3 Å². The minimum Gasteiger partial charge on any atom is -0.494 e. The monoisotopic (exact) mass is 347 g/mol. The first-order valence-corrected chi connectivity index (χ1v) is 8.47. The lowest BCUT2D eigenvalue weighted by Crippen LogP contribution is -2.48. The molecule has 1 aromatic carbocycles. The number of halogens is 1. The maximum Gasteiger partial charge on any atom is 0.225 e. The number of aryl methyl sites for hydroxylation is 1. The van der Waals surface area contributed by atoms with Gasteiger partial charge in [-0.15, -0.1) is 0 Å². The van der Waals surface area contributed by atoms with Crippen LogP contribution >= 0.6 is 0 Å². The molecule has 1 N–H and O–H groups in total. The van der Waals surface area contributed by atoms with E-state index in [4.69, 9.17) is 9.26 Å². The summed E-state index contributed by atoms with van der Waals surface area (Å²) >= 11 is 0. The zero-order chi connectivity index (χ0) is 17.9. The normalized spacial score (nSPS) is 16.4. The van der Waals surface area contributed by atoms with Crippen LogP contribution in [0.1, 0.15) is 49.4 Å². The van der Waals surface area contributed by atoms with Crippen LogP contribution in [0.3, 0.4) is 0 Å². The Hall–Kier alpha value is -2.44. The molecule has 25 heavy (non-hydrogen) atoms. The molecule has 0 aliphatic heterocycles. The maximum atomic E-state index is 13.8. The summed E-state index contributed by atoms with van der Waals surface area (Å²) in [7, 11) is 1.41. The van der Waals surface area contributed by atoms with Gasteiger partial charge in [0.25, 0.3) is 0 Å². The highest BCUT2D eigenvalue weighted by Gasteiger charge is 2.39. The first kappa shape index (κ1) is 17.4. The molecule has 0 radical (unpaired) electrons. The number of ether oxygens (including phenoxy) is 1. The lowest BCUT2D eigenvalue weighted by molar-refractivity contribution is -0.123. The molecule has 1 heterocycles. The average molecular weight is 347 g/mol. The summed E-state index contributed by atoms with van der Waals surface area (Å²) < 4.78 is 23.8. The van der Waals surface area contributed by atoms with Gasteiger partial charge in [-0.05, 0) is 30.5 Å². The Balaban J connectivity index is 1.75. The molecule has 7 heteroatoms. The van der Waals surface area contributed by atoms with Crippen molar-refractivity contribution in [3.63, 3.8) is 0 Å². The fraction of sp³-hybridized carbons (Fsp3) is 0.500. The highest BCUT2D eigenvalue weighted by atomic mass is 19.1. The van der Waals surface area contributed by atoms with Crippen molar-refractivity contribution in [1.29, 1.82) is 0 Å². The van der Waals surface area contributed by atoms with Crippen LogP contribution in [0.4, 0.5) is 4.39 Å². The van der Waals surface area contributed by atoms with Crippen molar-refractivity contribution in [2.45, 2.75) is 51.0 Å². The van der Waals surface area contributed by atoms with E-state index >= 15 is 0 Å². The Morgan fingerprint density at radius 1 is 1.36 bits per heavy atom. The molecule has 0 bridgehead atoms. The zero-order valence-electron chi connectivity index (χ0n) is 14.5. The number of nitrogens with one attached hydrogen (secondary N) is 1. The number of methoxy groups -OCH3 is 1. The number of benzene rings is 1. The number of carbonyl (C=O) groups excluding carboxylic acids is 1. The van der Waals surface area contributed by atoms with Crippen LogP contribution in [-0.4, -0.2) is 23.2 Å². The second kappa shape index (κ2) is 7.21. The summed E-state index contributed by atoms with van der Waals surface area (Å²) in [5.74, 6) is 0.503. The van der Waals surface area contributed by atoms with E-state index in [-0.39, 0.29) is 18.1 Å². The van der Waals surface area contributed by atoms with Crippen LogP contribution in [0.25, 0.3) is 0 Å². The fourth-order valence-corrected chi connectivity index (χ4v) is 3.37. The minimum absolute atomic E-state index is 0.0828. The molecule has 6 nitrogen and oxygen atoms in total. The molecule has 1 aliphatic carbocycles. The van der Waals surface area contributed by atoms with Gasteiger partial charge in [-0.25, -0.2) is 4.39 Å². The van der Waals surface area contributed by atoms with Gasteiger partial charge in [0.05, 0.1) is 13.5 Å². The quantitative estimate of drug-likeness (QED) is 0.899. The van der Waals surface area contributed by atoms with E-state index in [0.717, 1.165) is 32.1 Å². The maximum absolute atomic E-state index is 13.8. The predicted molar refractivity (Wildman–Crippen MR) is 88.6 cm³/mol. The SMILES string of the molecule is COc1ccc(CC(=O)NC2(c3noc(C)n3)CCCCC2)cc1F. The van der Waals surface area contributed by atoms with Gasteiger partial charge >= 0.3 is 0 Å². The van der Waals surface area contributed by atoms with Crippen molar-refractivity contribution in [2.24, 2.45) is 0 Å². The Morgan fingerprint density at radius 3 is 2.72 bits per heavy atom. The molecule has 1 saturated carbocycles. The molecule has 3 rings (SSSR count). The number of hydrogen-bond donors (Lipinski definition) is 1. The first-order chi connectivity index (χ1) is 12.0. The fourth-order valence-electron chi connectivity index (χ4n) is 3.37. The van der Waals surface area contributed by atoms with E-state index in [1.54, 1.807) is 13.0 Å². The molecule has 2 aromatic rings. The van der Waals surface area contributed by atoms with Crippen LogP contribution in [-0.2, 0) is 16.8 Å². The van der Waals surface area contributed by atoms with Crippen LogP contribution < -0.4 is 10.1 Å². The third-order valence-electron chi connectivity index (χ3n) is 4.62. The van der Waals surface area contributed by atoms with Crippen molar-refractivity contribution in [1.82, 2.24) is 15.5 Å². The summed E-state index contributed by atoms with van der Waals surface area (Å²) in [5.41, 5.74) is -0.0102. The van der Waals surface area contributed by atoms with E-state index in [1.165, 1.54) is 19.2 Å². The molecule has 1 fully saturated rings. The Morgan fingerprint density at radius 2 is 2.12 bits per heavy atom.